The van der Waals surface area contributed by atoms with E-state index in [1.165, 1.54) is 11.1 Å². The number of hydrogen-bond donors (Lipinski definition) is 2. The molecule has 0 saturated heterocycles. The van der Waals surface area contributed by atoms with Crippen molar-refractivity contribution in [3.63, 3.8) is 0 Å². The number of rotatable bonds is 5. The quantitative estimate of drug-likeness (QED) is 0.657. The number of nitrogens with one attached hydrogen (secondary N) is 2. The van der Waals surface area contributed by atoms with Gasteiger partial charge in [-0.25, -0.2) is 0 Å². The van der Waals surface area contributed by atoms with Gasteiger partial charge in [0.15, 0.2) is 5.96 Å². The van der Waals surface area contributed by atoms with Crippen LogP contribution in [0.15, 0.2) is 45.8 Å². The molecular formula is C18H25N3O. The Kier molecular flexibility index (Phi) is 5.64. The van der Waals surface area contributed by atoms with Crippen molar-refractivity contribution in [3.8, 4) is 0 Å². The highest BCUT2D eigenvalue weighted by atomic mass is 16.3. The lowest BCUT2D eigenvalue weighted by Crippen LogP contribution is -2.39. The zero-order valence-corrected chi connectivity index (χ0v) is 13.8. The molecule has 0 aliphatic rings. The molecule has 2 N–H and O–H groups in total. The minimum Gasteiger partial charge on any atom is -0.464 e. The van der Waals surface area contributed by atoms with Gasteiger partial charge in [-0.2, -0.15) is 0 Å². The summed E-state index contributed by atoms with van der Waals surface area (Å²) in [4.78, 5) is 4.26. The zero-order chi connectivity index (χ0) is 15.9. The van der Waals surface area contributed by atoms with E-state index in [0.29, 0.717) is 0 Å². The molecule has 4 nitrogen and oxygen atoms in total. The lowest BCUT2D eigenvalue weighted by atomic mass is 10.1. The smallest absolute Gasteiger partial charge is 0.191 e. The first kappa shape index (κ1) is 16.1. The molecule has 1 heterocycles. The van der Waals surface area contributed by atoms with E-state index < -0.39 is 0 Å². The van der Waals surface area contributed by atoms with Gasteiger partial charge in [0.1, 0.15) is 11.5 Å². The Hall–Kier alpha value is -2.23. The van der Waals surface area contributed by atoms with Crippen molar-refractivity contribution in [1.82, 2.24) is 10.6 Å². The molecule has 2 aromatic rings. The molecule has 2 rings (SSSR count). The van der Waals surface area contributed by atoms with Crippen LogP contribution in [0.1, 0.15) is 35.6 Å². The molecule has 0 aliphatic carbocycles. The molecule has 118 valence electrons. The van der Waals surface area contributed by atoms with E-state index >= 15 is 0 Å². The predicted octanol–water partition coefficient (Wildman–Crippen LogP) is 3.37. The van der Waals surface area contributed by atoms with Crippen molar-refractivity contribution in [3.05, 3.63) is 59.0 Å². The highest BCUT2D eigenvalue weighted by molar-refractivity contribution is 5.80. The highest BCUT2D eigenvalue weighted by Crippen LogP contribution is 2.15. The third-order valence-electron chi connectivity index (χ3n) is 3.59. The van der Waals surface area contributed by atoms with Crippen LogP contribution < -0.4 is 10.6 Å². The van der Waals surface area contributed by atoms with Crippen LogP contribution >= 0.6 is 0 Å². The molecule has 0 fully saturated rings. The van der Waals surface area contributed by atoms with Gasteiger partial charge in [0.05, 0.1) is 6.04 Å². The second-order valence-corrected chi connectivity index (χ2v) is 5.55. The third-order valence-corrected chi connectivity index (χ3v) is 3.59. The Morgan fingerprint density at radius 3 is 2.45 bits per heavy atom. The first-order chi connectivity index (χ1) is 10.6. The van der Waals surface area contributed by atoms with Crippen molar-refractivity contribution in [1.29, 1.82) is 0 Å². The van der Waals surface area contributed by atoms with Crippen LogP contribution in [0.2, 0.25) is 0 Å². The first-order valence-electron chi connectivity index (χ1n) is 7.67. The van der Waals surface area contributed by atoms with E-state index in [4.69, 9.17) is 4.42 Å². The number of furan rings is 1. The molecule has 1 aromatic carbocycles. The summed E-state index contributed by atoms with van der Waals surface area (Å²) in [7, 11) is 1.78. The van der Waals surface area contributed by atoms with Crippen LogP contribution in [-0.4, -0.2) is 19.6 Å². The summed E-state index contributed by atoms with van der Waals surface area (Å²) in [6.07, 6.45) is 0.967. The maximum atomic E-state index is 5.63. The summed E-state index contributed by atoms with van der Waals surface area (Å²) in [5.74, 6) is 2.62. The molecule has 1 aromatic heterocycles. The van der Waals surface area contributed by atoms with Crippen LogP contribution in [0.5, 0.6) is 0 Å². The molecule has 0 aliphatic heterocycles. The van der Waals surface area contributed by atoms with Gasteiger partial charge < -0.3 is 15.1 Å². The Morgan fingerprint density at radius 1 is 1.14 bits per heavy atom. The van der Waals surface area contributed by atoms with Gasteiger partial charge >= 0.3 is 0 Å². The number of benzene rings is 1. The maximum absolute atomic E-state index is 5.63. The fourth-order valence-electron chi connectivity index (χ4n) is 2.24. The van der Waals surface area contributed by atoms with Gasteiger partial charge in [0.2, 0.25) is 0 Å². The summed E-state index contributed by atoms with van der Waals surface area (Å²) in [5.41, 5.74) is 2.61. The molecule has 4 heteroatoms. The fourth-order valence-corrected chi connectivity index (χ4v) is 2.24. The van der Waals surface area contributed by atoms with Gasteiger partial charge in [0.25, 0.3) is 0 Å². The molecule has 0 bridgehead atoms. The molecule has 0 saturated carbocycles. The molecule has 1 unspecified atom stereocenters. The molecule has 0 spiro atoms. The van der Waals surface area contributed by atoms with Crippen molar-refractivity contribution < 1.29 is 4.42 Å². The van der Waals surface area contributed by atoms with Gasteiger partial charge in [-0.1, -0.05) is 29.8 Å². The van der Waals surface area contributed by atoms with E-state index in [1.807, 2.05) is 19.1 Å². The van der Waals surface area contributed by atoms with Crippen LogP contribution in [0.4, 0.5) is 0 Å². The number of guanidine groups is 1. The SMILES string of the molecule is CN=C(NCCc1ccc(C)cc1)NC(C)c1ccc(C)o1. The molecule has 0 radical (unpaired) electrons. The fraction of sp³-hybridized carbons (Fsp3) is 0.389. The highest BCUT2D eigenvalue weighted by Gasteiger charge is 2.10. The largest absolute Gasteiger partial charge is 0.464 e. The lowest BCUT2D eigenvalue weighted by molar-refractivity contribution is 0.441. The van der Waals surface area contributed by atoms with Crippen molar-refractivity contribution in [2.45, 2.75) is 33.2 Å². The van der Waals surface area contributed by atoms with E-state index in [2.05, 4.69) is 53.7 Å². The lowest BCUT2D eigenvalue weighted by Gasteiger charge is -2.16. The molecular weight excluding hydrogens is 274 g/mol. The Bertz CT molecular complexity index is 614. The second-order valence-electron chi connectivity index (χ2n) is 5.55. The number of nitrogens with zero attached hydrogens (tertiary/aromatic N) is 1. The second kappa shape index (κ2) is 7.69. The minimum absolute atomic E-state index is 0.0827. The Labute approximate surface area is 132 Å². The summed E-state index contributed by atoms with van der Waals surface area (Å²) in [6, 6.07) is 12.7. The minimum atomic E-state index is 0.0827. The Balaban J connectivity index is 1.81. The molecule has 22 heavy (non-hydrogen) atoms. The molecule has 1 atom stereocenters. The van der Waals surface area contributed by atoms with Gasteiger partial charge in [-0.15, -0.1) is 0 Å². The summed E-state index contributed by atoms with van der Waals surface area (Å²) >= 11 is 0. The average Bonchev–Trinajstić information content (AvgIpc) is 2.95. The Morgan fingerprint density at radius 2 is 1.86 bits per heavy atom. The van der Waals surface area contributed by atoms with Gasteiger partial charge in [-0.3, -0.25) is 4.99 Å². The zero-order valence-electron chi connectivity index (χ0n) is 13.8. The third kappa shape index (κ3) is 4.65. The summed E-state index contributed by atoms with van der Waals surface area (Å²) in [5, 5.41) is 6.67. The van der Waals surface area contributed by atoms with Gasteiger partial charge in [-0.05, 0) is 44.9 Å². The number of aliphatic imine (C=N–C) groups is 1. The first-order valence-corrected chi connectivity index (χ1v) is 7.67. The summed E-state index contributed by atoms with van der Waals surface area (Å²) < 4.78 is 5.63. The summed E-state index contributed by atoms with van der Waals surface area (Å²) in [6.45, 7) is 6.95. The number of aryl methyl sites for hydroxylation is 2. The van der Waals surface area contributed by atoms with Crippen LogP contribution in [0, 0.1) is 13.8 Å². The van der Waals surface area contributed by atoms with Crippen LogP contribution in [-0.2, 0) is 6.42 Å². The van der Waals surface area contributed by atoms with Crippen molar-refractivity contribution in [2.24, 2.45) is 4.99 Å². The maximum Gasteiger partial charge on any atom is 0.191 e. The van der Waals surface area contributed by atoms with Crippen molar-refractivity contribution in [2.75, 3.05) is 13.6 Å². The van der Waals surface area contributed by atoms with Gasteiger partial charge in [0, 0.05) is 13.6 Å². The topological polar surface area (TPSA) is 49.6 Å². The predicted molar refractivity (Wildman–Crippen MR) is 91.2 cm³/mol. The van der Waals surface area contributed by atoms with E-state index in [-0.39, 0.29) is 6.04 Å². The monoisotopic (exact) mass is 299 g/mol. The molecule has 0 amide bonds. The van der Waals surface area contributed by atoms with E-state index in [0.717, 1.165) is 30.4 Å². The van der Waals surface area contributed by atoms with E-state index in [1.54, 1.807) is 7.05 Å². The number of hydrogen-bond acceptors (Lipinski definition) is 2. The van der Waals surface area contributed by atoms with Crippen LogP contribution in [0.3, 0.4) is 0 Å². The van der Waals surface area contributed by atoms with E-state index in [9.17, 15) is 0 Å². The van der Waals surface area contributed by atoms with Crippen LogP contribution in [0.25, 0.3) is 0 Å². The standard InChI is InChI=1S/C18H25N3O/c1-13-5-8-16(9-6-13)11-12-20-18(19-4)21-15(3)17-10-7-14(2)22-17/h5-10,15H,11-12H2,1-4H3,(H2,19,20,21). The normalized spacial score (nSPS) is 13.0. The van der Waals surface area contributed by atoms with Crippen molar-refractivity contribution >= 4 is 5.96 Å². The average molecular weight is 299 g/mol.